The molecule has 2 aromatic rings. The second-order valence-corrected chi connectivity index (χ2v) is 4.46. The van der Waals surface area contributed by atoms with Crippen LogP contribution in [0.3, 0.4) is 0 Å². The van der Waals surface area contributed by atoms with E-state index in [2.05, 4.69) is 10.3 Å². The first kappa shape index (κ1) is 16.0. The molecule has 0 spiro atoms. The largest absolute Gasteiger partial charge is 0.496 e. The highest BCUT2D eigenvalue weighted by Gasteiger charge is 2.08. The highest BCUT2D eigenvalue weighted by Crippen LogP contribution is 2.18. The predicted molar refractivity (Wildman–Crippen MR) is 88.6 cm³/mol. The van der Waals surface area contributed by atoms with Crippen LogP contribution in [0.5, 0.6) is 5.75 Å². The Kier molecular flexibility index (Phi) is 5.67. The number of benzene rings is 1. The van der Waals surface area contributed by atoms with Crippen LogP contribution in [0.4, 0.5) is 5.82 Å². The number of carbonyl (C=O) groups is 1. The van der Waals surface area contributed by atoms with Gasteiger partial charge < -0.3 is 10.1 Å². The van der Waals surface area contributed by atoms with Gasteiger partial charge in [0.1, 0.15) is 23.2 Å². The second kappa shape index (κ2) is 8.15. The number of aromatic nitrogens is 1. The monoisotopic (exact) mass is 305 g/mol. The molecule has 23 heavy (non-hydrogen) atoms. The molecule has 114 valence electrons. The standard InChI is InChI=1S/C18H15N3O2/c1-23-16-10-3-2-7-14(16)8-6-9-15(13-19)18(22)21-17-11-4-5-12-20-17/h2-12H,1H3,(H,20,21,22). The van der Waals surface area contributed by atoms with E-state index in [1.807, 2.05) is 30.3 Å². The normalized spacial score (nSPS) is 11.0. The lowest BCUT2D eigenvalue weighted by Gasteiger charge is -2.03. The van der Waals surface area contributed by atoms with Crippen molar-refractivity contribution in [3.05, 3.63) is 72.0 Å². The van der Waals surface area contributed by atoms with Gasteiger partial charge in [-0.1, -0.05) is 36.4 Å². The summed E-state index contributed by atoms with van der Waals surface area (Å²) in [4.78, 5) is 16.0. The van der Waals surface area contributed by atoms with Gasteiger partial charge in [-0.05, 0) is 24.3 Å². The minimum Gasteiger partial charge on any atom is -0.496 e. The fraction of sp³-hybridized carbons (Fsp3) is 0.0556. The molecule has 0 unspecified atom stereocenters. The molecular weight excluding hydrogens is 290 g/mol. The molecule has 5 heteroatoms. The molecule has 0 aliphatic heterocycles. The highest BCUT2D eigenvalue weighted by molar-refractivity contribution is 6.06. The summed E-state index contributed by atoms with van der Waals surface area (Å²) >= 11 is 0. The molecule has 0 fully saturated rings. The highest BCUT2D eigenvalue weighted by atomic mass is 16.5. The van der Waals surface area contributed by atoms with Crippen LogP contribution in [0.15, 0.2) is 66.4 Å². The molecule has 1 amide bonds. The molecule has 1 heterocycles. The van der Waals surface area contributed by atoms with Crippen molar-refractivity contribution >= 4 is 17.8 Å². The summed E-state index contributed by atoms with van der Waals surface area (Å²) in [5.74, 6) is 0.608. The molecule has 0 saturated heterocycles. The van der Waals surface area contributed by atoms with Crippen molar-refractivity contribution < 1.29 is 9.53 Å². The van der Waals surface area contributed by atoms with Crippen LogP contribution in [-0.2, 0) is 4.79 Å². The zero-order valence-electron chi connectivity index (χ0n) is 12.6. The number of methoxy groups -OCH3 is 1. The van der Waals surface area contributed by atoms with E-state index in [-0.39, 0.29) is 5.57 Å². The Balaban J connectivity index is 2.11. The molecular formula is C18H15N3O2. The van der Waals surface area contributed by atoms with Gasteiger partial charge in [0.05, 0.1) is 7.11 Å². The predicted octanol–water partition coefficient (Wildman–Crippen LogP) is 3.19. The van der Waals surface area contributed by atoms with Crippen LogP contribution < -0.4 is 10.1 Å². The van der Waals surface area contributed by atoms with Crippen molar-refractivity contribution in [2.75, 3.05) is 12.4 Å². The number of nitrogens with one attached hydrogen (secondary N) is 1. The molecule has 2 rings (SSSR count). The SMILES string of the molecule is COc1ccccc1C=CC=C(C#N)C(=O)Nc1ccccn1. The average molecular weight is 305 g/mol. The lowest BCUT2D eigenvalue weighted by Crippen LogP contribution is -2.14. The van der Waals surface area contributed by atoms with Crippen molar-refractivity contribution in [2.45, 2.75) is 0 Å². The second-order valence-electron chi connectivity index (χ2n) is 4.46. The van der Waals surface area contributed by atoms with Gasteiger partial charge in [0.25, 0.3) is 5.91 Å². The third-order valence-corrected chi connectivity index (χ3v) is 2.95. The Morgan fingerprint density at radius 2 is 2.04 bits per heavy atom. The zero-order chi connectivity index (χ0) is 16.5. The van der Waals surface area contributed by atoms with Crippen LogP contribution in [-0.4, -0.2) is 18.0 Å². The van der Waals surface area contributed by atoms with Crippen LogP contribution in [0.2, 0.25) is 0 Å². The Bertz CT molecular complexity index is 774. The maximum absolute atomic E-state index is 12.0. The summed E-state index contributed by atoms with van der Waals surface area (Å²) in [5, 5.41) is 11.7. The van der Waals surface area contributed by atoms with Gasteiger partial charge in [-0.15, -0.1) is 0 Å². The maximum Gasteiger partial charge on any atom is 0.267 e. The van der Waals surface area contributed by atoms with Crippen molar-refractivity contribution in [3.63, 3.8) is 0 Å². The molecule has 1 aromatic heterocycles. The summed E-state index contributed by atoms with van der Waals surface area (Å²) in [6.45, 7) is 0. The number of allylic oxidation sites excluding steroid dienone is 2. The molecule has 1 aromatic carbocycles. The number of rotatable bonds is 5. The van der Waals surface area contributed by atoms with E-state index in [1.165, 1.54) is 6.08 Å². The summed E-state index contributed by atoms with van der Waals surface area (Å²) in [6, 6.07) is 14.5. The summed E-state index contributed by atoms with van der Waals surface area (Å²) in [7, 11) is 1.59. The van der Waals surface area contributed by atoms with Crippen LogP contribution in [0, 0.1) is 11.3 Å². The van der Waals surface area contributed by atoms with Gasteiger partial charge in [0.15, 0.2) is 0 Å². The Morgan fingerprint density at radius 1 is 1.26 bits per heavy atom. The average Bonchev–Trinajstić information content (AvgIpc) is 2.60. The summed E-state index contributed by atoms with van der Waals surface area (Å²) in [6.07, 6.45) is 6.41. The van der Waals surface area contributed by atoms with Crippen LogP contribution >= 0.6 is 0 Å². The number of hydrogen-bond acceptors (Lipinski definition) is 4. The number of ether oxygens (including phenoxy) is 1. The molecule has 0 atom stereocenters. The van der Waals surface area contributed by atoms with Gasteiger partial charge in [-0.3, -0.25) is 4.79 Å². The van der Waals surface area contributed by atoms with Crippen LogP contribution in [0.1, 0.15) is 5.56 Å². The van der Waals surface area contributed by atoms with Gasteiger partial charge in [-0.25, -0.2) is 4.98 Å². The van der Waals surface area contributed by atoms with Crippen molar-refractivity contribution in [3.8, 4) is 11.8 Å². The van der Waals surface area contributed by atoms with Gasteiger partial charge >= 0.3 is 0 Å². The van der Waals surface area contributed by atoms with Crippen molar-refractivity contribution in [1.29, 1.82) is 5.26 Å². The Hall–Kier alpha value is -3.39. The number of anilines is 1. The minimum absolute atomic E-state index is 0.0122. The number of amides is 1. The molecule has 0 bridgehead atoms. The molecule has 1 N–H and O–H groups in total. The lowest BCUT2D eigenvalue weighted by atomic mass is 10.1. The number of carbonyl (C=O) groups excluding carboxylic acids is 1. The smallest absolute Gasteiger partial charge is 0.267 e. The van der Waals surface area contributed by atoms with Crippen molar-refractivity contribution in [2.24, 2.45) is 0 Å². The maximum atomic E-state index is 12.0. The van der Waals surface area contributed by atoms with Crippen molar-refractivity contribution in [1.82, 2.24) is 4.98 Å². The Morgan fingerprint density at radius 3 is 2.74 bits per heavy atom. The first-order chi connectivity index (χ1) is 11.2. The van der Waals surface area contributed by atoms with E-state index in [0.29, 0.717) is 11.6 Å². The topological polar surface area (TPSA) is 75.0 Å². The van der Waals surface area contributed by atoms with Gasteiger partial charge in [0.2, 0.25) is 0 Å². The lowest BCUT2D eigenvalue weighted by molar-refractivity contribution is -0.112. The Labute approximate surface area is 134 Å². The number of nitriles is 1. The van der Waals surface area contributed by atoms with E-state index in [0.717, 1.165) is 5.56 Å². The van der Waals surface area contributed by atoms with E-state index >= 15 is 0 Å². The molecule has 0 aliphatic rings. The quantitative estimate of drug-likeness (QED) is 0.523. The third-order valence-electron chi connectivity index (χ3n) is 2.95. The van der Waals surface area contributed by atoms with E-state index in [9.17, 15) is 4.79 Å². The third kappa shape index (κ3) is 4.55. The van der Waals surface area contributed by atoms with Gasteiger partial charge in [0, 0.05) is 11.8 Å². The van der Waals surface area contributed by atoms with E-state index in [1.54, 1.807) is 43.7 Å². The molecule has 0 radical (unpaired) electrons. The summed E-state index contributed by atoms with van der Waals surface area (Å²) in [5.41, 5.74) is 0.843. The fourth-order valence-electron chi connectivity index (χ4n) is 1.84. The molecule has 0 saturated carbocycles. The number of pyridine rings is 1. The minimum atomic E-state index is -0.504. The number of para-hydroxylation sites is 1. The summed E-state index contributed by atoms with van der Waals surface area (Å²) < 4.78 is 5.23. The van der Waals surface area contributed by atoms with Crippen LogP contribution in [0.25, 0.3) is 6.08 Å². The van der Waals surface area contributed by atoms with Gasteiger partial charge in [-0.2, -0.15) is 5.26 Å². The van der Waals surface area contributed by atoms with E-state index < -0.39 is 5.91 Å². The fourth-order valence-corrected chi connectivity index (χ4v) is 1.84. The molecule has 0 aliphatic carbocycles. The molecule has 5 nitrogen and oxygen atoms in total. The first-order valence-electron chi connectivity index (χ1n) is 6.88. The first-order valence-corrected chi connectivity index (χ1v) is 6.88. The number of hydrogen-bond donors (Lipinski definition) is 1. The zero-order valence-corrected chi connectivity index (χ0v) is 12.6. The van der Waals surface area contributed by atoms with E-state index in [4.69, 9.17) is 10.00 Å². The number of nitrogens with zero attached hydrogens (tertiary/aromatic N) is 2.